The molecule has 1 aromatic rings. The van der Waals surface area contributed by atoms with E-state index in [1.807, 2.05) is 43.3 Å². The molecule has 3 rings (SSSR count). The van der Waals surface area contributed by atoms with Gasteiger partial charge in [0.05, 0.1) is 5.03 Å². The Bertz CT molecular complexity index is 1300. The van der Waals surface area contributed by atoms with Crippen LogP contribution in [0.5, 0.6) is 0 Å². The molecule has 1 aliphatic carbocycles. The topological polar surface area (TPSA) is 101 Å². The lowest BCUT2D eigenvalue weighted by molar-refractivity contribution is -0.167. The van der Waals surface area contributed by atoms with E-state index >= 15 is 0 Å². The van der Waals surface area contributed by atoms with Crippen LogP contribution in [0.1, 0.15) is 46.6 Å². The van der Waals surface area contributed by atoms with Crippen molar-refractivity contribution in [3.8, 4) is 0 Å². The van der Waals surface area contributed by atoms with Crippen LogP contribution >= 0.6 is 11.6 Å². The summed E-state index contributed by atoms with van der Waals surface area (Å²) in [6.45, 7) is 8.43. The van der Waals surface area contributed by atoms with Crippen molar-refractivity contribution in [3.63, 3.8) is 0 Å². The van der Waals surface area contributed by atoms with E-state index in [9.17, 15) is 24.3 Å². The van der Waals surface area contributed by atoms with E-state index < -0.39 is 35.1 Å². The van der Waals surface area contributed by atoms with Gasteiger partial charge in [0.1, 0.15) is 6.04 Å². The SMILES string of the molecule is CCC(C)/C=C(C)/C=C/C1=CC2=C(Cl)C(=O)C(C)(OC(C)=O)C(=O)C2=CN1C(Cc1ccccc1)C(=O)O. The number of Topliss-reactive ketones (excluding diaryl/α,β-unsaturated/α-hetero) is 2. The maximum atomic E-state index is 13.5. The number of aliphatic carboxylic acids is 1. The van der Waals surface area contributed by atoms with Gasteiger partial charge in [-0.2, -0.15) is 0 Å². The van der Waals surface area contributed by atoms with Gasteiger partial charge in [0, 0.05) is 36.4 Å². The average Bonchev–Trinajstić information content (AvgIpc) is 2.88. The molecule has 0 spiro atoms. The van der Waals surface area contributed by atoms with Crippen LogP contribution in [0, 0.1) is 5.92 Å². The predicted molar refractivity (Wildman–Crippen MR) is 145 cm³/mol. The monoisotopic (exact) mass is 537 g/mol. The van der Waals surface area contributed by atoms with Crippen LogP contribution in [0.4, 0.5) is 0 Å². The molecule has 1 heterocycles. The molecule has 38 heavy (non-hydrogen) atoms. The zero-order valence-corrected chi connectivity index (χ0v) is 22.9. The Morgan fingerprint density at radius 3 is 2.39 bits per heavy atom. The average molecular weight is 538 g/mol. The number of ether oxygens (including phenoxy) is 1. The van der Waals surface area contributed by atoms with Crippen molar-refractivity contribution in [1.29, 1.82) is 0 Å². The third-order valence-electron chi connectivity index (χ3n) is 6.64. The van der Waals surface area contributed by atoms with Gasteiger partial charge in [0.2, 0.25) is 17.2 Å². The molecular weight excluding hydrogens is 506 g/mol. The summed E-state index contributed by atoms with van der Waals surface area (Å²) in [4.78, 5) is 52.3. The highest BCUT2D eigenvalue weighted by atomic mass is 35.5. The van der Waals surface area contributed by atoms with E-state index in [1.54, 1.807) is 6.08 Å². The van der Waals surface area contributed by atoms with Crippen LogP contribution in [0.15, 0.2) is 88.3 Å². The third kappa shape index (κ3) is 6.05. The number of halogens is 1. The number of carbonyl (C=O) groups is 4. The second-order valence-corrected chi connectivity index (χ2v) is 10.1. The second-order valence-electron chi connectivity index (χ2n) is 9.71. The smallest absolute Gasteiger partial charge is 0.327 e. The van der Waals surface area contributed by atoms with Crippen molar-refractivity contribution in [2.24, 2.45) is 5.92 Å². The van der Waals surface area contributed by atoms with Gasteiger partial charge in [0.15, 0.2) is 0 Å². The lowest BCUT2D eigenvalue weighted by atomic mass is 9.79. The Labute approximate surface area is 227 Å². The van der Waals surface area contributed by atoms with E-state index in [2.05, 4.69) is 19.9 Å². The Morgan fingerprint density at radius 2 is 1.82 bits per heavy atom. The van der Waals surface area contributed by atoms with Gasteiger partial charge in [-0.15, -0.1) is 0 Å². The molecule has 8 heteroatoms. The highest BCUT2D eigenvalue weighted by molar-refractivity contribution is 6.49. The van der Waals surface area contributed by atoms with Gasteiger partial charge >= 0.3 is 11.9 Å². The Morgan fingerprint density at radius 1 is 1.16 bits per heavy atom. The van der Waals surface area contributed by atoms with Gasteiger partial charge in [-0.1, -0.05) is 79.9 Å². The van der Waals surface area contributed by atoms with Crippen LogP contribution in [0.2, 0.25) is 0 Å². The first kappa shape index (κ1) is 28.9. The predicted octanol–water partition coefficient (Wildman–Crippen LogP) is 5.28. The Hall–Kier alpha value is -3.71. The molecule has 0 aromatic heterocycles. The molecule has 3 atom stereocenters. The van der Waals surface area contributed by atoms with Crippen LogP contribution in [-0.4, -0.2) is 45.2 Å². The van der Waals surface area contributed by atoms with E-state index in [4.69, 9.17) is 16.3 Å². The number of carboxylic acid groups (broad SMARTS) is 1. The van der Waals surface area contributed by atoms with Crippen molar-refractivity contribution < 1.29 is 29.0 Å². The summed E-state index contributed by atoms with van der Waals surface area (Å²) in [5.41, 5.74) is 0.237. The minimum atomic E-state index is -2.14. The van der Waals surface area contributed by atoms with E-state index in [0.29, 0.717) is 11.6 Å². The standard InChI is InChI=1S/C30H32ClNO6/c1-6-18(2)14-19(3)12-13-22-16-23-24(27(34)30(5,38-20(4)33)28(35)26(23)31)17-32(22)25(29(36)37)15-21-10-8-7-9-11-21/h7-14,16-18,25H,6,15H2,1-5H3,(H,36,37)/b13-12+,19-14+. The van der Waals surface area contributed by atoms with Crippen LogP contribution in [0.3, 0.4) is 0 Å². The van der Waals surface area contributed by atoms with Crippen molar-refractivity contribution in [2.45, 2.75) is 59.1 Å². The van der Waals surface area contributed by atoms with E-state index in [-0.39, 0.29) is 22.6 Å². The zero-order chi connectivity index (χ0) is 28.2. The van der Waals surface area contributed by atoms with Gasteiger partial charge in [-0.25, -0.2) is 4.79 Å². The number of esters is 1. The molecule has 1 aromatic carbocycles. The molecule has 1 aliphatic heterocycles. The maximum absolute atomic E-state index is 13.5. The zero-order valence-electron chi connectivity index (χ0n) is 22.2. The fourth-order valence-corrected chi connectivity index (χ4v) is 4.74. The number of rotatable bonds is 9. The van der Waals surface area contributed by atoms with Crippen LogP contribution < -0.4 is 0 Å². The Kier molecular flexibility index (Phi) is 8.94. The summed E-state index contributed by atoms with van der Waals surface area (Å²) in [6, 6.07) is 8.07. The van der Waals surface area contributed by atoms with E-state index in [1.165, 1.54) is 24.1 Å². The van der Waals surface area contributed by atoms with Gasteiger partial charge in [-0.3, -0.25) is 14.4 Å². The normalized spacial score (nSPS) is 21.6. The molecule has 200 valence electrons. The largest absolute Gasteiger partial charge is 0.480 e. The van der Waals surface area contributed by atoms with Crippen molar-refractivity contribution in [2.75, 3.05) is 0 Å². The number of carbonyl (C=O) groups excluding carboxylic acids is 3. The number of hydrogen-bond acceptors (Lipinski definition) is 6. The number of nitrogens with zero attached hydrogens (tertiary/aromatic N) is 1. The first-order valence-electron chi connectivity index (χ1n) is 12.4. The Balaban J connectivity index is 2.18. The van der Waals surface area contributed by atoms with E-state index in [0.717, 1.165) is 24.5 Å². The lowest BCUT2D eigenvalue weighted by Gasteiger charge is -2.37. The number of carboxylic acids is 1. The number of hydrogen-bond donors (Lipinski definition) is 1. The molecular formula is C30H32ClNO6. The van der Waals surface area contributed by atoms with Crippen LogP contribution in [-0.2, 0) is 30.3 Å². The maximum Gasteiger partial charge on any atom is 0.327 e. The highest BCUT2D eigenvalue weighted by Gasteiger charge is 2.52. The quantitative estimate of drug-likeness (QED) is 0.260. The third-order valence-corrected chi connectivity index (χ3v) is 7.02. The molecule has 0 bridgehead atoms. The summed E-state index contributed by atoms with van der Waals surface area (Å²) >= 11 is 6.44. The van der Waals surface area contributed by atoms with Gasteiger partial charge in [0.25, 0.3) is 0 Å². The molecule has 0 saturated heterocycles. The molecule has 0 saturated carbocycles. The number of fused-ring (bicyclic) bond motifs is 1. The van der Waals surface area contributed by atoms with Crippen molar-refractivity contribution >= 4 is 35.1 Å². The van der Waals surface area contributed by atoms with Crippen LogP contribution in [0.25, 0.3) is 0 Å². The number of ketones is 2. The lowest BCUT2D eigenvalue weighted by Crippen LogP contribution is -2.52. The summed E-state index contributed by atoms with van der Waals surface area (Å²) in [7, 11) is 0. The van der Waals surface area contributed by atoms with Gasteiger partial charge in [-0.05, 0) is 37.5 Å². The molecule has 0 radical (unpaired) electrons. The van der Waals surface area contributed by atoms with Crippen molar-refractivity contribution in [1.82, 2.24) is 4.90 Å². The molecule has 0 amide bonds. The molecule has 1 N–H and O–H groups in total. The fraction of sp³-hybridized carbons (Fsp3) is 0.333. The molecule has 7 nitrogen and oxygen atoms in total. The summed E-state index contributed by atoms with van der Waals surface area (Å²) in [5, 5.41) is 9.97. The summed E-state index contributed by atoms with van der Waals surface area (Å²) < 4.78 is 5.14. The first-order valence-corrected chi connectivity index (χ1v) is 12.8. The van der Waals surface area contributed by atoms with Gasteiger partial charge < -0.3 is 14.7 Å². The number of benzene rings is 1. The minimum absolute atomic E-state index is 0.00156. The molecule has 3 unspecified atom stereocenters. The molecule has 0 fully saturated rings. The first-order chi connectivity index (χ1) is 17.9. The number of allylic oxidation sites excluding steroid dienone is 6. The second kappa shape index (κ2) is 11.8. The van der Waals surface area contributed by atoms with Crippen molar-refractivity contribution in [3.05, 3.63) is 93.8 Å². The highest BCUT2D eigenvalue weighted by Crippen LogP contribution is 2.40. The molecule has 2 aliphatic rings. The minimum Gasteiger partial charge on any atom is -0.480 e. The fourth-order valence-electron chi connectivity index (χ4n) is 4.40. The summed E-state index contributed by atoms with van der Waals surface area (Å²) in [6.07, 6.45) is 9.75. The summed E-state index contributed by atoms with van der Waals surface area (Å²) in [5.74, 6) is -3.15.